The van der Waals surface area contributed by atoms with Crippen molar-refractivity contribution in [3.63, 3.8) is 0 Å². The second-order valence-electron chi connectivity index (χ2n) is 7.92. The van der Waals surface area contributed by atoms with Crippen LogP contribution in [-0.2, 0) is 14.8 Å². The maximum absolute atomic E-state index is 13.1. The SMILES string of the molecule is Cc1ccc(S(=O)(=O)N2CCC[C@H]2C(=O)NC(C)c2ccc3ccccc3c2)cc1. The van der Waals surface area contributed by atoms with Gasteiger partial charge < -0.3 is 5.32 Å². The Morgan fingerprint density at radius 3 is 2.47 bits per heavy atom. The molecule has 1 aliphatic rings. The minimum atomic E-state index is -3.71. The Morgan fingerprint density at radius 1 is 1.03 bits per heavy atom. The van der Waals surface area contributed by atoms with Crippen molar-refractivity contribution >= 4 is 26.7 Å². The zero-order valence-electron chi connectivity index (χ0n) is 17.2. The molecule has 1 N–H and O–H groups in total. The number of nitrogens with zero attached hydrogens (tertiary/aromatic N) is 1. The smallest absolute Gasteiger partial charge is 0.243 e. The fourth-order valence-corrected chi connectivity index (χ4v) is 5.66. The van der Waals surface area contributed by atoms with E-state index in [1.54, 1.807) is 24.3 Å². The summed E-state index contributed by atoms with van der Waals surface area (Å²) < 4.78 is 27.6. The number of rotatable bonds is 5. The average molecular weight is 423 g/mol. The van der Waals surface area contributed by atoms with Gasteiger partial charge >= 0.3 is 0 Å². The summed E-state index contributed by atoms with van der Waals surface area (Å²) in [4.78, 5) is 13.2. The Balaban J connectivity index is 1.52. The molecule has 1 unspecified atom stereocenters. The van der Waals surface area contributed by atoms with Gasteiger partial charge in [-0.25, -0.2) is 8.42 Å². The Kier molecular flexibility index (Phi) is 5.62. The Morgan fingerprint density at radius 2 is 1.73 bits per heavy atom. The van der Waals surface area contributed by atoms with Crippen molar-refractivity contribution in [1.82, 2.24) is 9.62 Å². The molecule has 3 aromatic rings. The number of fused-ring (bicyclic) bond motifs is 1. The van der Waals surface area contributed by atoms with E-state index < -0.39 is 16.1 Å². The molecule has 0 aromatic heterocycles. The fourth-order valence-electron chi connectivity index (χ4n) is 4.01. The number of carbonyl (C=O) groups is 1. The second-order valence-corrected chi connectivity index (χ2v) is 9.81. The normalized spacial score (nSPS) is 18.4. The van der Waals surface area contributed by atoms with Gasteiger partial charge in [-0.05, 0) is 61.2 Å². The van der Waals surface area contributed by atoms with Crippen LogP contribution in [0.25, 0.3) is 10.8 Å². The molecule has 1 heterocycles. The summed E-state index contributed by atoms with van der Waals surface area (Å²) in [6.45, 7) is 4.20. The molecule has 3 aromatic carbocycles. The van der Waals surface area contributed by atoms with Crippen LogP contribution in [0.5, 0.6) is 0 Å². The van der Waals surface area contributed by atoms with Gasteiger partial charge in [0.1, 0.15) is 6.04 Å². The molecule has 1 amide bonds. The van der Waals surface area contributed by atoms with Crippen LogP contribution in [0.3, 0.4) is 0 Å². The highest BCUT2D eigenvalue weighted by molar-refractivity contribution is 7.89. The van der Waals surface area contributed by atoms with Crippen molar-refractivity contribution < 1.29 is 13.2 Å². The lowest BCUT2D eigenvalue weighted by Crippen LogP contribution is -2.46. The first-order valence-electron chi connectivity index (χ1n) is 10.2. The van der Waals surface area contributed by atoms with Crippen molar-refractivity contribution in [1.29, 1.82) is 0 Å². The minimum Gasteiger partial charge on any atom is -0.348 e. The van der Waals surface area contributed by atoms with Crippen LogP contribution in [0, 0.1) is 6.92 Å². The molecule has 0 bridgehead atoms. The van der Waals surface area contributed by atoms with Gasteiger partial charge in [-0.1, -0.05) is 54.1 Å². The highest BCUT2D eigenvalue weighted by Crippen LogP contribution is 2.27. The molecule has 1 aliphatic heterocycles. The molecule has 2 atom stereocenters. The lowest BCUT2D eigenvalue weighted by molar-refractivity contribution is -0.124. The summed E-state index contributed by atoms with van der Waals surface area (Å²) in [6.07, 6.45) is 1.20. The number of carbonyl (C=O) groups excluding carboxylic acids is 1. The van der Waals surface area contributed by atoms with Crippen molar-refractivity contribution in [2.75, 3.05) is 6.54 Å². The topological polar surface area (TPSA) is 66.5 Å². The fraction of sp³-hybridized carbons (Fsp3) is 0.292. The van der Waals surface area contributed by atoms with E-state index in [2.05, 4.69) is 17.4 Å². The van der Waals surface area contributed by atoms with Crippen LogP contribution in [0.15, 0.2) is 71.6 Å². The van der Waals surface area contributed by atoms with Crippen molar-refractivity contribution in [3.05, 3.63) is 77.9 Å². The first-order chi connectivity index (χ1) is 14.4. The summed E-state index contributed by atoms with van der Waals surface area (Å²) in [6, 6.07) is 20.1. The number of aryl methyl sites for hydroxylation is 1. The third-order valence-electron chi connectivity index (χ3n) is 5.77. The first-order valence-corrected chi connectivity index (χ1v) is 11.7. The van der Waals surface area contributed by atoms with Gasteiger partial charge in [0.15, 0.2) is 0 Å². The van der Waals surface area contributed by atoms with E-state index in [0.717, 1.165) is 21.9 Å². The van der Waals surface area contributed by atoms with Gasteiger partial charge in [-0.2, -0.15) is 4.31 Å². The van der Waals surface area contributed by atoms with Crippen LogP contribution in [0.4, 0.5) is 0 Å². The molecule has 156 valence electrons. The van der Waals surface area contributed by atoms with Crippen molar-refractivity contribution in [2.45, 2.75) is 43.7 Å². The summed E-state index contributed by atoms with van der Waals surface area (Å²) in [7, 11) is -3.71. The van der Waals surface area contributed by atoms with Crippen LogP contribution >= 0.6 is 0 Å². The maximum Gasteiger partial charge on any atom is 0.243 e. The number of benzene rings is 3. The maximum atomic E-state index is 13.1. The largest absolute Gasteiger partial charge is 0.348 e. The molecule has 5 nitrogen and oxygen atoms in total. The number of hydrogen-bond donors (Lipinski definition) is 1. The molecule has 0 saturated carbocycles. The molecule has 4 rings (SSSR count). The van der Waals surface area contributed by atoms with E-state index in [0.29, 0.717) is 19.4 Å². The quantitative estimate of drug-likeness (QED) is 0.671. The van der Waals surface area contributed by atoms with Crippen LogP contribution in [0.2, 0.25) is 0 Å². The van der Waals surface area contributed by atoms with E-state index >= 15 is 0 Å². The predicted octanol–water partition coefficient (Wildman–Crippen LogP) is 4.18. The summed E-state index contributed by atoms with van der Waals surface area (Å²) >= 11 is 0. The highest BCUT2D eigenvalue weighted by Gasteiger charge is 2.39. The third kappa shape index (κ3) is 3.98. The first kappa shape index (κ1) is 20.6. The van der Waals surface area contributed by atoms with E-state index in [1.165, 1.54) is 4.31 Å². The number of amides is 1. The van der Waals surface area contributed by atoms with E-state index in [1.807, 2.05) is 44.2 Å². The molecule has 6 heteroatoms. The van der Waals surface area contributed by atoms with Gasteiger partial charge in [-0.15, -0.1) is 0 Å². The van der Waals surface area contributed by atoms with Gasteiger partial charge in [-0.3, -0.25) is 4.79 Å². The van der Waals surface area contributed by atoms with E-state index in [9.17, 15) is 13.2 Å². The van der Waals surface area contributed by atoms with Crippen LogP contribution in [0.1, 0.15) is 36.9 Å². The number of sulfonamides is 1. The summed E-state index contributed by atoms with van der Waals surface area (Å²) in [5.41, 5.74) is 1.99. The van der Waals surface area contributed by atoms with Crippen molar-refractivity contribution in [2.24, 2.45) is 0 Å². The molecule has 30 heavy (non-hydrogen) atoms. The zero-order chi connectivity index (χ0) is 21.3. The van der Waals surface area contributed by atoms with Crippen LogP contribution in [-0.4, -0.2) is 31.2 Å². The van der Waals surface area contributed by atoms with Gasteiger partial charge in [0, 0.05) is 6.54 Å². The molecule has 0 radical (unpaired) electrons. The molecular weight excluding hydrogens is 396 g/mol. The summed E-state index contributed by atoms with van der Waals surface area (Å²) in [5.74, 6) is -0.246. The minimum absolute atomic E-state index is 0.216. The Hall–Kier alpha value is -2.70. The molecular formula is C24H26N2O3S. The summed E-state index contributed by atoms with van der Waals surface area (Å²) in [5, 5.41) is 5.28. The lowest BCUT2D eigenvalue weighted by atomic mass is 10.0. The lowest BCUT2D eigenvalue weighted by Gasteiger charge is -2.25. The van der Waals surface area contributed by atoms with Crippen LogP contribution < -0.4 is 5.32 Å². The third-order valence-corrected chi connectivity index (χ3v) is 7.69. The van der Waals surface area contributed by atoms with E-state index in [-0.39, 0.29) is 16.8 Å². The van der Waals surface area contributed by atoms with E-state index in [4.69, 9.17) is 0 Å². The van der Waals surface area contributed by atoms with Gasteiger partial charge in [0.2, 0.25) is 15.9 Å². The molecule has 1 fully saturated rings. The highest BCUT2D eigenvalue weighted by atomic mass is 32.2. The second kappa shape index (κ2) is 8.20. The predicted molar refractivity (Wildman–Crippen MR) is 119 cm³/mol. The monoisotopic (exact) mass is 422 g/mol. The number of hydrogen-bond acceptors (Lipinski definition) is 3. The molecule has 0 spiro atoms. The average Bonchev–Trinajstić information content (AvgIpc) is 3.25. The van der Waals surface area contributed by atoms with Crippen molar-refractivity contribution in [3.8, 4) is 0 Å². The van der Waals surface area contributed by atoms with Gasteiger partial charge in [0.05, 0.1) is 10.9 Å². The zero-order valence-corrected chi connectivity index (χ0v) is 18.0. The standard InChI is InChI=1S/C24H26N2O3S/c1-17-9-13-22(14-10-17)30(28,29)26-15-5-8-23(26)24(27)25-18(2)20-12-11-19-6-3-4-7-21(19)16-20/h3-4,6-7,9-14,16,18,23H,5,8,15H2,1-2H3,(H,25,27)/t18?,23-/m0/s1. The van der Waals surface area contributed by atoms with Gasteiger partial charge in [0.25, 0.3) is 0 Å². The molecule has 1 saturated heterocycles. The number of nitrogens with one attached hydrogen (secondary N) is 1. The molecule has 0 aliphatic carbocycles. The Labute approximate surface area is 177 Å². The Bertz CT molecular complexity index is 1170.